The van der Waals surface area contributed by atoms with Crippen LogP contribution in [0, 0.1) is 0 Å². The van der Waals surface area contributed by atoms with E-state index in [0.29, 0.717) is 0 Å². The van der Waals surface area contributed by atoms with E-state index in [1.54, 1.807) is 0 Å². The summed E-state index contributed by atoms with van der Waals surface area (Å²) in [5, 5.41) is 10.8. The number of aliphatic carboxylic acids is 1. The molecule has 0 radical (unpaired) electrons. The van der Waals surface area contributed by atoms with Crippen LogP contribution in [-0.4, -0.2) is 33.0 Å². The van der Waals surface area contributed by atoms with Crippen molar-refractivity contribution in [1.82, 2.24) is 15.3 Å². The number of aromatic amines is 2. The van der Waals surface area contributed by atoms with Crippen LogP contribution < -0.4 is 16.6 Å². The van der Waals surface area contributed by atoms with E-state index in [0.717, 1.165) is 6.07 Å². The number of carbonyl (C=O) groups excluding carboxylic acids is 1. The number of amides is 1. The number of carboxylic acid groups (broad SMARTS) is 1. The molecule has 8 nitrogen and oxygen atoms in total. The third kappa shape index (κ3) is 3.93. The molecule has 1 heterocycles. The van der Waals surface area contributed by atoms with Crippen molar-refractivity contribution in [3.05, 3.63) is 32.6 Å². The minimum atomic E-state index is -1.17. The first-order valence-corrected chi connectivity index (χ1v) is 4.73. The minimum Gasteiger partial charge on any atom is -0.480 e. The maximum atomic E-state index is 11.3. The largest absolute Gasteiger partial charge is 0.480 e. The molecule has 1 aromatic rings. The fourth-order valence-electron chi connectivity index (χ4n) is 1.14. The number of rotatable bonds is 4. The van der Waals surface area contributed by atoms with Crippen molar-refractivity contribution in [1.29, 1.82) is 0 Å². The Labute approximate surface area is 94.7 Å². The molecule has 0 aromatic carbocycles. The summed E-state index contributed by atoms with van der Waals surface area (Å²) in [6, 6.07) is 0.0306. The Balaban J connectivity index is 2.72. The molecule has 8 heteroatoms. The Morgan fingerprint density at radius 1 is 1.41 bits per heavy atom. The van der Waals surface area contributed by atoms with Crippen molar-refractivity contribution in [3.63, 3.8) is 0 Å². The van der Waals surface area contributed by atoms with Gasteiger partial charge in [0.25, 0.3) is 5.56 Å². The summed E-state index contributed by atoms with van der Waals surface area (Å²) in [7, 11) is 0. The molecular weight excluding hydrogens is 230 g/mol. The molecule has 17 heavy (non-hydrogen) atoms. The highest BCUT2D eigenvalue weighted by Crippen LogP contribution is 1.90. The lowest BCUT2D eigenvalue weighted by Gasteiger charge is -2.08. The SMILES string of the molecule is C[C@H](NC(=O)Cc1cc(=O)[nH]c(=O)[nH]1)C(=O)O. The Hall–Kier alpha value is -2.38. The van der Waals surface area contributed by atoms with E-state index in [1.165, 1.54) is 6.92 Å². The van der Waals surface area contributed by atoms with Gasteiger partial charge in [-0.3, -0.25) is 19.4 Å². The normalized spacial score (nSPS) is 11.8. The number of hydrogen-bond acceptors (Lipinski definition) is 4. The average molecular weight is 241 g/mol. The number of carbonyl (C=O) groups is 2. The first-order valence-electron chi connectivity index (χ1n) is 4.73. The predicted octanol–water partition coefficient (Wildman–Crippen LogP) is -1.80. The van der Waals surface area contributed by atoms with Gasteiger partial charge in [-0.2, -0.15) is 0 Å². The number of nitrogens with one attached hydrogen (secondary N) is 3. The molecule has 1 atom stereocenters. The van der Waals surface area contributed by atoms with Crippen molar-refractivity contribution in [2.24, 2.45) is 0 Å². The van der Waals surface area contributed by atoms with Crippen LogP contribution in [0.15, 0.2) is 15.7 Å². The molecular formula is C9H11N3O5. The van der Waals surface area contributed by atoms with Gasteiger partial charge in [-0.1, -0.05) is 0 Å². The molecule has 0 saturated heterocycles. The van der Waals surface area contributed by atoms with Crippen molar-refractivity contribution in [2.45, 2.75) is 19.4 Å². The van der Waals surface area contributed by atoms with Crippen LogP contribution in [-0.2, 0) is 16.0 Å². The Kier molecular flexibility index (Phi) is 3.81. The van der Waals surface area contributed by atoms with E-state index in [2.05, 4.69) is 10.3 Å². The van der Waals surface area contributed by atoms with E-state index >= 15 is 0 Å². The van der Waals surface area contributed by atoms with Gasteiger partial charge in [0.05, 0.1) is 6.42 Å². The molecule has 92 valence electrons. The van der Waals surface area contributed by atoms with Crippen LogP contribution in [0.25, 0.3) is 0 Å². The van der Waals surface area contributed by atoms with Crippen LogP contribution in [0.5, 0.6) is 0 Å². The van der Waals surface area contributed by atoms with Gasteiger partial charge in [-0.05, 0) is 6.92 Å². The van der Waals surface area contributed by atoms with Gasteiger partial charge in [-0.25, -0.2) is 4.79 Å². The second-order valence-corrected chi connectivity index (χ2v) is 3.42. The van der Waals surface area contributed by atoms with Crippen LogP contribution in [0.1, 0.15) is 12.6 Å². The molecule has 0 saturated carbocycles. The zero-order valence-corrected chi connectivity index (χ0v) is 8.94. The van der Waals surface area contributed by atoms with Crippen molar-refractivity contribution >= 4 is 11.9 Å². The molecule has 0 fully saturated rings. The zero-order chi connectivity index (χ0) is 13.0. The topological polar surface area (TPSA) is 132 Å². The second-order valence-electron chi connectivity index (χ2n) is 3.42. The van der Waals surface area contributed by atoms with Crippen LogP contribution >= 0.6 is 0 Å². The second kappa shape index (κ2) is 5.10. The van der Waals surface area contributed by atoms with Gasteiger partial charge in [-0.15, -0.1) is 0 Å². The zero-order valence-electron chi connectivity index (χ0n) is 8.94. The summed E-state index contributed by atoms with van der Waals surface area (Å²) < 4.78 is 0. The fourth-order valence-corrected chi connectivity index (χ4v) is 1.14. The van der Waals surface area contributed by atoms with Crippen LogP contribution in [0.3, 0.4) is 0 Å². The molecule has 0 bridgehead atoms. The highest BCUT2D eigenvalue weighted by atomic mass is 16.4. The van der Waals surface area contributed by atoms with Gasteiger partial charge in [0.1, 0.15) is 6.04 Å². The van der Waals surface area contributed by atoms with E-state index < -0.39 is 29.2 Å². The highest BCUT2D eigenvalue weighted by molar-refractivity contribution is 5.84. The summed E-state index contributed by atoms with van der Waals surface area (Å²) in [4.78, 5) is 47.8. The van der Waals surface area contributed by atoms with E-state index in [-0.39, 0.29) is 12.1 Å². The summed E-state index contributed by atoms with van der Waals surface area (Å²) in [5.41, 5.74) is -1.22. The van der Waals surface area contributed by atoms with E-state index in [9.17, 15) is 19.2 Å². The number of aromatic nitrogens is 2. The van der Waals surface area contributed by atoms with Gasteiger partial charge >= 0.3 is 11.7 Å². The lowest BCUT2D eigenvalue weighted by Crippen LogP contribution is -2.39. The first-order chi connectivity index (χ1) is 7.88. The standard InChI is InChI=1S/C9H11N3O5/c1-4(8(15)16)10-6(13)2-5-3-7(14)12-9(17)11-5/h3-4H,2H2,1H3,(H,10,13)(H,15,16)(H2,11,12,14,17)/t4-/m0/s1. The smallest absolute Gasteiger partial charge is 0.325 e. The maximum Gasteiger partial charge on any atom is 0.325 e. The molecule has 0 spiro atoms. The van der Waals surface area contributed by atoms with Crippen LogP contribution in [0.4, 0.5) is 0 Å². The molecule has 0 aliphatic rings. The lowest BCUT2D eigenvalue weighted by molar-refractivity contribution is -0.141. The predicted molar refractivity (Wildman–Crippen MR) is 56.6 cm³/mol. The Bertz CT molecular complexity index is 516. The molecule has 1 rings (SSSR count). The molecule has 4 N–H and O–H groups in total. The molecule has 0 aliphatic carbocycles. The van der Waals surface area contributed by atoms with Gasteiger partial charge in [0.2, 0.25) is 5.91 Å². The summed E-state index contributed by atoms with van der Waals surface area (Å²) >= 11 is 0. The third-order valence-corrected chi connectivity index (χ3v) is 1.92. The van der Waals surface area contributed by atoms with Crippen molar-refractivity contribution < 1.29 is 14.7 Å². The number of carboxylic acids is 1. The van der Waals surface area contributed by atoms with Crippen molar-refractivity contribution in [2.75, 3.05) is 0 Å². The number of H-pyrrole nitrogens is 2. The number of hydrogen-bond donors (Lipinski definition) is 4. The minimum absolute atomic E-state index is 0.119. The monoisotopic (exact) mass is 241 g/mol. The molecule has 1 aromatic heterocycles. The molecule has 0 unspecified atom stereocenters. The summed E-state index contributed by atoms with van der Waals surface area (Å²) in [5.74, 6) is -1.76. The van der Waals surface area contributed by atoms with Gasteiger partial charge in [0.15, 0.2) is 0 Å². The summed E-state index contributed by atoms with van der Waals surface area (Å²) in [6.07, 6.45) is -0.267. The Morgan fingerprint density at radius 2 is 2.06 bits per heavy atom. The molecule has 0 aliphatic heterocycles. The summed E-state index contributed by atoms with van der Waals surface area (Å²) in [6.45, 7) is 1.31. The van der Waals surface area contributed by atoms with Crippen molar-refractivity contribution in [3.8, 4) is 0 Å². The van der Waals surface area contributed by atoms with E-state index in [1.807, 2.05) is 4.98 Å². The van der Waals surface area contributed by atoms with Gasteiger partial charge < -0.3 is 15.4 Å². The van der Waals surface area contributed by atoms with Crippen LogP contribution in [0.2, 0.25) is 0 Å². The molecule has 1 amide bonds. The lowest BCUT2D eigenvalue weighted by atomic mass is 10.2. The highest BCUT2D eigenvalue weighted by Gasteiger charge is 2.14. The Morgan fingerprint density at radius 3 is 2.59 bits per heavy atom. The fraction of sp³-hybridized carbons (Fsp3) is 0.333. The first kappa shape index (κ1) is 12.7. The van der Waals surface area contributed by atoms with E-state index in [4.69, 9.17) is 5.11 Å². The average Bonchev–Trinajstić information content (AvgIpc) is 2.14. The quantitative estimate of drug-likeness (QED) is 0.493. The maximum absolute atomic E-state index is 11.3. The van der Waals surface area contributed by atoms with Gasteiger partial charge in [0, 0.05) is 11.8 Å². The third-order valence-electron chi connectivity index (χ3n) is 1.92.